The number of nitrogens with zero attached hydrogens (tertiary/aromatic N) is 2. The molecule has 3 aromatic rings. The second kappa shape index (κ2) is 10.0. The number of alkyl halides is 3. The molecule has 5 nitrogen and oxygen atoms in total. The van der Waals surface area contributed by atoms with E-state index in [-0.39, 0.29) is 17.5 Å². The van der Waals surface area contributed by atoms with Crippen LogP contribution in [-0.2, 0) is 12.7 Å². The van der Waals surface area contributed by atoms with Gasteiger partial charge in [0, 0.05) is 29.3 Å². The highest BCUT2D eigenvalue weighted by Gasteiger charge is 2.37. The smallest absolute Gasteiger partial charge is 0.344 e. The minimum Gasteiger partial charge on any atom is -0.344 e. The molecule has 0 unspecified atom stereocenters. The second-order valence-electron chi connectivity index (χ2n) is 8.19. The molecule has 1 fully saturated rings. The van der Waals surface area contributed by atoms with Crippen molar-refractivity contribution in [3.63, 3.8) is 0 Å². The number of pyridine rings is 1. The monoisotopic (exact) mass is 491 g/mol. The Kier molecular flexibility index (Phi) is 7.06. The van der Waals surface area contributed by atoms with Crippen LogP contribution in [0.25, 0.3) is 0 Å². The van der Waals surface area contributed by atoms with E-state index in [4.69, 9.17) is 0 Å². The van der Waals surface area contributed by atoms with Gasteiger partial charge in [0.2, 0.25) is 0 Å². The highest BCUT2D eigenvalue weighted by Crippen LogP contribution is 2.39. The van der Waals surface area contributed by atoms with Crippen molar-refractivity contribution in [2.24, 2.45) is 5.92 Å². The molecule has 1 aromatic carbocycles. The summed E-state index contributed by atoms with van der Waals surface area (Å²) in [5.41, 5.74) is -0.529. The van der Waals surface area contributed by atoms with Crippen LogP contribution >= 0.6 is 11.3 Å². The zero-order chi connectivity index (χ0) is 24.3. The first-order valence-corrected chi connectivity index (χ1v) is 11.6. The van der Waals surface area contributed by atoms with Gasteiger partial charge < -0.3 is 5.32 Å². The van der Waals surface area contributed by atoms with E-state index >= 15 is 0 Å². The lowest BCUT2D eigenvalue weighted by atomic mass is 9.76. The normalized spacial score (nSPS) is 18.5. The first-order chi connectivity index (χ1) is 16.2. The lowest BCUT2D eigenvalue weighted by molar-refractivity contribution is -0.138. The largest absolute Gasteiger partial charge is 0.417 e. The summed E-state index contributed by atoms with van der Waals surface area (Å²) in [4.78, 5) is 33.4. The number of ketones is 1. The molecular weight excluding hydrogens is 470 g/mol. The molecule has 1 aliphatic carbocycles. The van der Waals surface area contributed by atoms with E-state index in [1.54, 1.807) is 18.5 Å². The van der Waals surface area contributed by atoms with Crippen molar-refractivity contribution in [2.45, 2.75) is 44.3 Å². The molecule has 0 saturated heterocycles. The number of carbonyl (C=O) groups is 2. The minimum absolute atomic E-state index is 0.0820. The lowest BCUT2D eigenvalue weighted by Crippen LogP contribution is -2.25. The molecular formula is C24H21F4N3O2S. The molecule has 0 bridgehead atoms. The Balaban J connectivity index is 1.36. The molecule has 0 spiro atoms. The van der Waals surface area contributed by atoms with Crippen LogP contribution < -0.4 is 5.32 Å². The maximum atomic E-state index is 13.6. The van der Waals surface area contributed by atoms with E-state index in [0.717, 1.165) is 10.6 Å². The molecule has 0 atom stereocenters. The van der Waals surface area contributed by atoms with Crippen molar-refractivity contribution >= 4 is 23.0 Å². The number of Topliss-reactive ketones (excluding diaryl/α,β-unsaturated/α-hetero) is 1. The first-order valence-electron chi connectivity index (χ1n) is 10.8. The van der Waals surface area contributed by atoms with E-state index in [9.17, 15) is 27.2 Å². The predicted molar refractivity (Wildman–Crippen MR) is 118 cm³/mol. The Morgan fingerprint density at radius 3 is 2.44 bits per heavy atom. The summed E-state index contributed by atoms with van der Waals surface area (Å²) in [6.07, 6.45) is 0.527. The van der Waals surface area contributed by atoms with Crippen LogP contribution in [0.4, 0.5) is 17.6 Å². The molecule has 2 heterocycles. The van der Waals surface area contributed by atoms with Gasteiger partial charge in [0.15, 0.2) is 5.78 Å². The van der Waals surface area contributed by atoms with Crippen molar-refractivity contribution < 1.29 is 27.2 Å². The van der Waals surface area contributed by atoms with Crippen LogP contribution in [0.3, 0.4) is 0 Å². The van der Waals surface area contributed by atoms with Gasteiger partial charge in [-0.25, -0.2) is 9.37 Å². The van der Waals surface area contributed by atoms with Crippen LogP contribution in [0.15, 0.2) is 48.1 Å². The van der Waals surface area contributed by atoms with Gasteiger partial charge in [-0.1, -0.05) is 6.07 Å². The molecule has 178 valence electrons. The topological polar surface area (TPSA) is 72.0 Å². The molecule has 1 saturated carbocycles. The zero-order valence-corrected chi connectivity index (χ0v) is 18.8. The van der Waals surface area contributed by atoms with Gasteiger partial charge in [-0.2, -0.15) is 13.2 Å². The summed E-state index contributed by atoms with van der Waals surface area (Å²) in [6, 6.07) is 5.46. The summed E-state index contributed by atoms with van der Waals surface area (Å²) in [5, 5.41) is 5.37. The predicted octanol–water partition coefficient (Wildman–Crippen LogP) is 5.78. The number of thiazole rings is 1. The SMILES string of the molecule is O=C(NCc1nccs1)c1ccc(C2CCC(C(=O)c3cc(F)ccc3C(F)(F)F)CC2)cn1. The van der Waals surface area contributed by atoms with Crippen molar-refractivity contribution in [2.75, 3.05) is 0 Å². The third-order valence-corrected chi connectivity index (χ3v) is 6.80. The van der Waals surface area contributed by atoms with Gasteiger partial charge >= 0.3 is 6.18 Å². The Hall–Kier alpha value is -3.14. The highest BCUT2D eigenvalue weighted by molar-refractivity contribution is 7.09. The van der Waals surface area contributed by atoms with Crippen LogP contribution in [0, 0.1) is 11.7 Å². The molecule has 0 aliphatic heterocycles. The maximum absolute atomic E-state index is 13.6. The van der Waals surface area contributed by atoms with Crippen LogP contribution in [0.1, 0.15) is 68.6 Å². The number of carbonyl (C=O) groups excluding carboxylic acids is 2. The fraction of sp³-hybridized carbons (Fsp3) is 0.333. The molecule has 2 aromatic heterocycles. The Labute approximate surface area is 197 Å². The third kappa shape index (κ3) is 5.49. The first kappa shape index (κ1) is 24.0. The van der Waals surface area contributed by atoms with Crippen molar-refractivity contribution in [3.8, 4) is 0 Å². The average Bonchev–Trinajstić information content (AvgIpc) is 3.35. The number of benzene rings is 1. The van der Waals surface area contributed by atoms with Crippen LogP contribution in [0.5, 0.6) is 0 Å². The van der Waals surface area contributed by atoms with E-state index in [2.05, 4.69) is 15.3 Å². The molecule has 10 heteroatoms. The highest BCUT2D eigenvalue weighted by atomic mass is 32.1. The van der Waals surface area contributed by atoms with Crippen molar-refractivity contribution in [3.05, 3.63) is 81.3 Å². The fourth-order valence-corrected chi connectivity index (χ4v) is 4.80. The summed E-state index contributed by atoms with van der Waals surface area (Å²) in [7, 11) is 0. The standard InChI is InChI=1S/C24H21F4N3O2S/c25-17-6-7-19(24(26,27)28)18(11-17)22(32)15-3-1-14(2-4-15)16-5-8-20(30-12-16)23(33)31-13-21-29-9-10-34-21/h5-12,14-15H,1-4,13H2,(H,31,33). The van der Waals surface area contributed by atoms with Crippen LogP contribution in [0.2, 0.25) is 0 Å². The van der Waals surface area contributed by atoms with E-state index in [1.165, 1.54) is 11.3 Å². The summed E-state index contributed by atoms with van der Waals surface area (Å²) in [6.45, 7) is 0.319. The average molecular weight is 492 g/mol. The van der Waals surface area contributed by atoms with Crippen molar-refractivity contribution in [1.82, 2.24) is 15.3 Å². The summed E-state index contributed by atoms with van der Waals surface area (Å²) >= 11 is 1.44. The Morgan fingerprint density at radius 2 is 1.82 bits per heavy atom. The number of amides is 1. The quantitative estimate of drug-likeness (QED) is 0.350. The molecule has 34 heavy (non-hydrogen) atoms. The summed E-state index contributed by atoms with van der Waals surface area (Å²) < 4.78 is 53.5. The van der Waals surface area contributed by atoms with Crippen molar-refractivity contribution in [1.29, 1.82) is 0 Å². The van der Waals surface area contributed by atoms with Crippen LogP contribution in [-0.4, -0.2) is 21.7 Å². The van der Waals surface area contributed by atoms with Gasteiger partial charge in [0.1, 0.15) is 16.5 Å². The van der Waals surface area contributed by atoms with E-state index in [0.29, 0.717) is 50.4 Å². The molecule has 1 N–H and O–H groups in total. The number of halogens is 4. The Bertz CT molecular complexity index is 1160. The maximum Gasteiger partial charge on any atom is 0.417 e. The number of nitrogens with one attached hydrogen (secondary N) is 1. The van der Waals surface area contributed by atoms with Gasteiger partial charge in [0.25, 0.3) is 5.91 Å². The van der Waals surface area contributed by atoms with Gasteiger partial charge in [-0.3, -0.25) is 14.6 Å². The van der Waals surface area contributed by atoms with Gasteiger partial charge in [-0.05, 0) is 61.4 Å². The lowest BCUT2D eigenvalue weighted by Gasteiger charge is -2.28. The second-order valence-corrected chi connectivity index (χ2v) is 9.16. The molecule has 0 radical (unpaired) electrons. The van der Waals surface area contributed by atoms with E-state index in [1.807, 2.05) is 11.4 Å². The van der Waals surface area contributed by atoms with Gasteiger partial charge in [0.05, 0.1) is 12.1 Å². The van der Waals surface area contributed by atoms with E-state index < -0.39 is 34.8 Å². The summed E-state index contributed by atoms with van der Waals surface area (Å²) in [5.74, 6) is -2.37. The molecule has 1 amide bonds. The third-order valence-electron chi connectivity index (χ3n) is 6.02. The molecule has 4 rings (SSSR count). The Morgan fingerprint density at radius 1 is 1.06 bits per heavy atom. The van der Waals surface area contributed by atoms with Gasteiger partial charge in [-0.15, -0.1) is 11.3 Å². The number of rotatable bonds is 6. The minimum atomic E-state index is -4.73. The number of hydrogen-bond donors (Lipinski definition) is 1. The molecule has 1 aliphatic rings. The number of hydrogen-bond acceptors (Lipinski definition) is 5. The number of aromatic nitrogens is 2. The zero-order valence-electron chi connectivity index (χ0n) is 17.9. The fourth-order valence-electron chi connectivity index (χ4n) is 4.24.